The first-order valence-corrected chi connectivity index (χ1v) is 8.75. The summed E-state index contributed by atoms with van der Waals surface area (Å²) >= 11 is 0. The number of rotatable bonds is 8. The number of aliphatic hydroxyl groups excluding tert-OH is 1. The maximum absolute atomic E-state index is 12.5. The van der Waals surface area contributed by atoms with Crippen molar-refractivity contribution < 1.29 is 24.1 Å². The van der Waals surface area contributed by atoms with Gasteiger partial charge in [-0.05, 0) is 54.6 Å². The Kier molecular flexibility index (Phi) is 6.49. The zero-order valence-corrected chi connectivity index (χ0v) is 15.4. The summed E-state index contributed by atoms with van der Waals surface area (Å²) in [6.07, 6.45) is 0. The molecule has 0 atom stereocenters. The number of anilines is 1. The van der Waals surface area contributed by atoms with E-state index >= 15 is 0 Å². The molecule has 3 aromatic carbocycles. The topological polar surface area (TPSA) is 77.0 Å². The van der Waals surface area contributed by atoms with Gasteiger partial charge in [0, 0.05) is 11.3 Å². The van der Waals surface area contributed by atoms with E-state index in [1.807, 2.05) is 30.3 Å². The van der Waals surface area contributed by atoms with Crippen LogP contribution in [0.3, 0.4) is 0 Å². The molecule has 6 nitrogen and oxygen atoms in total. The highest BCUT2D eigenvalue weighted by Crippen LogP contribution is 2.28. The molecule has 3 aromatic rings. The number of ether oxygens (including phenoxy) is 3. The molecule has 0 saturated heterocycles. The first kappa shape index (κ1) is 19.3. The summed E-state index contributed by atoms with van der Waals surface area (Å²) in [7, 11) is 1.51. The van der Waals surface area contributed by atoms with E-state index in [0.29, 0.717) is 28.5 Å². The standard InChI is InChI=1S/C22H21NO5/c1-26-20-12-7-16(15-21(20)27-14-13-24)22(25)23-17-8-10-19(11-9-17)28-18-5-3-2-4-6-18/h2-12,15,24H,13-14H2,1H3,(H,23,25). The molecule has 0 aliphatic rings. The van der Waals surface area contributed by atoms with Crippen LogP contribution in [0.4, 0.5) is 5.69 Å². The number of para-hydroxylation sites is 1. The smallest absolute Gasteiger partial charge is 0.255 e. The molecule has 6 heteroatoms. The number of carbonyl (C=O) groups is 1. The number of amides is 1. The zero-order chi connectivity index (χ0) is 19.8. The van der Waals surface area contributed by atoms with Crippen LogP contribution in [0, 0.1) is 0 Å². The lowest BCUT2D eigenvalue weighted by Crippen LogP contribution is -2.12. The first-order chi connectivity index (χ1) is 13.7. The van der Waals surface area contributed by atoms with Gasteiger partial charge in [-0.15, -0.1) is 0 Å². The zero-order valence-electron chi connectivity index (χ0n) is 15.4. The summed E-state index contributed by atoms with van der Waals surface area (Å²) in [6, 6.07) is 21.4. The van der Waals surface area contributed by atoms with Crippen molar-refractivity contribution in [3.63, 3.8) is 0 Å². The fourth-order valence-electron chi connectivity index (χ4n) is 2.52. The van der Waals surface area contributed by atoms with Crippen LogP contribution in [0.2, 0.25) is 0 Å². The lowest BCUT2D eigenvalue weighted by Gasteiger charge is -2.12. The fraction of sp³-hybridized carbons (Fsp3) is 0.136. The third kappa shape index (κ3) is 5.02. The van der Waals surface area contributed by atoms with Crippen LogP contribution in [0.15, 0.2) is 72.8 Å². The van der Waals surface area contributed by atoms with Gasteiger partial charge in [0.25, 0.3) is 5.91 Å². The second-order valence-corrected chi connectivity index (χ2v) is 5.83. The minimum absolute atomic E-state index is 0.115. The van der Waals surface area contributed by atoms with Crippen molar-refractivity contribution in [2.24, 2.45) is 0 Å². The van der Waals surface area contributed by atoms with E-state index in [9.17, 15) is 4.79 Å². The number of benzene rings is 3. The van der Waals surface area contributed by atoms with Gasteiger partial charge in [0.2, 0.25) is 0 Å². The number of nitrogens with one attached hydrogen (secondary N) is 1. The summed E-state index contributed by atoms with van der Waals surface area (Å²) in [5, 5.41) is 11.8. The summed E-state index contributed by atoms with van der Waals surface area (Å²) in [4.78, 5) is 12.5. The Balaban J connectivity index is 1.67. The lowest BCUT2D eigenvalue weighted by atomic mass is 10.2. The van der Waals surface area contributed by atoms with E-state index in [4.69, 9.17) is 19.3 Å². The Labute approximate surface area is 163 Å². The van der Waals surface area contributed by atoms with Crippen molar-refractivity contribution in [1.29, 1.82) is 0 Å². The van der Waals surface area contributed by atoms with Crippen molar-refractivity contribution in [2.45, 2.75) is 0 Å². The Morgan fingerprint density at radius 2 is 1.64 bits per heavy atom. The minimum atomic E-state index is -0.284. The lowest BCUT2D eigenvalue weighted by molar-refractivity contribution is 0.102. The Bertz CT molecular complexity index is 910. The van der Waals surface area contributed by atoms with Gasteiger partial charge in [-0.2, -0.15) is 0 Å². The SMILES string of the molecule is COc1ccc(C(=O)Nc2ccc(Oc3ccccc3)cc2)cc1OCCO. The fourth-order valence-corrected chi connectivity index (χ4v) is 2.52. The quantitative estimate of drug-likeness (QED) is 0.616. The van der Waals surface area contributed by atoms with Crippen LogP contribution in [-0.2, 0) is 0 Å². The van der Waals surface area contributed by atoms with Crippen molar-refractivity contribution in [2.75, 3.05) is 25.6 Å². The largest absolute Gasteiger partial charge is 0.493 e. The number of aliphatic hydroxyl groups is 1. The third-order valence-electron chi connectivity index (χ3n) is 3.87. The summed E-state index contributed by atoms with van der Waals surface area (Å²) in [6.45, 7) is -0.0126. The number of hydrogen-bond acceptors (Lipinski definition) is 5. The average Bonchev–Trinajstić information content (AvgIpc) is 2.74. The van der Waals surface area contributed by atoms with Crippen molar-refractivity contribution in [1.82, 2.24) is 0 Å². The monoisotopic (exact) mass is 379 g/mol. The highest BCUT2D eigenvalue weighted by molar-refractivity contribution is 6.04. The van der Waals surface area contributed by atoms with Crippen LogP contribution in [-0.4, -0.2) is 31.3 Å². The molecule has 0 bridgehead atoms. The number of hydrogen-bond donors (Lipinski definition) is 2. The normalized spacial score (nSPS) is 10.2. The Hall–Kier alpha value is -3.51. The van der Waals surface area contributed by atoms with E-state index in [2.05, 4.69) is 5.32 Å². The molecule has 0 radical (unpaired) electrons. The van der Waals surface area contributed by atoms with Gasteiger partial charge in [0.05, 0.1) is 13.7 Å². The van der Waals surface area contributed by atoms with Crippen molar-refractivity contribution in [3.8, 4) is 23.0 Å². The molecule has 0 heterocycles. The van der Waals surface area contributed by atoms with E-state index < -0.39 is 0 Å². The molecular weight excluding hydrogens is 358 g/mol. The van der Waals surface area contributed by atoms with Crippen LogP contribution >= 0.6 is 0 Å². The summed E-state index contributed by atoms with van der Waals surface area (Å²) in [5.41, 5.74) is 1.05. The minimum Gasteiger partial charge on any atom is -0.493 e. The van der Waals surface area contributed by atoms with Gasteiger partial charge in [-0.25, -0.2) is 0 Å². The van der Waals surface area contributed by atoms with Gasteiger partial charge in [0.15, 0.2) is 11.5 Å². The molecule has 0 spiro atoms. The second-order valence-electron chi connectivity index (χ2n) is 5.83. The van der Waals surface area contributed by atoms with E-state index in [0.717, 1.165) is 5.75 Å². The second kappa shape index (κ2) is 9.43. The van der Waals surface area contributed by atoms with Gasteiger partial charge in [0.1, 0.15) is 18.1 Å². The number of carbonyl (C=O) groups excluding carboxylic acids is 1. The third-order valence-corrected chi connectivity index (χ3v) is 3.87. The highest BCUT2D eigenvalue weighted by Gasteiger charge is 2.12. The van der Waals surface area contributed by atoms with Gasteiger partial charge in [-0.3, -0.25) is 4.79 Å². The van der Waals surface area contributed by atoms with E-state index in [1.165, 1.54) is 7.11 Å². The average molecular weight is 379 g/mol. The molecule has 28 heavy (non-hydrogen) atoms. The van der Waals surface area contributed by atoms with Crippen molar-refractivity contribution >= 4 is 11.6 Å². The molecule has 3 rings (SSSR count). The van der Waals surface area contributed by atoms with E-state index in [-0.39, 0.29) is 19.1 Å². The predicted molar refractivity (Wildman–Crippen MR) is 106 cm³/mol. The first-order valence-electron chi connectivity index (χ1n) is 8.75. The summed E-state index contributed by atoms with van der Waals surface area (Å²) in [5.74, 6) is 2.03. The Morgan fingerprint density at radius 3 is 2.32 bits per heavy atom. The summed E-state index contributed by atoms with van der Waals surface area (Å²) < 4.78 is 16.4. The molecule has 0 saturated carbocycles. The van der Waals surface area contributed by atoms with Crippen LogP contribution in [0.5, 0.6) is 23.0 Å². The van der Waals surface area contributed by atoms with Gasteiger partial charge in [-0.1, -0.05) is 18.2 Å². The molecular formula is C22H21NO5. The molecule has 0 aliphatic heterocycles. The Morgan fingerprint density at radius 1 is 0.929 bits per heavy atom. The molecule has 0 unspecified atom stereocenters. The number of methoxy groups -OCH3 is 1. The maximum atomic E-state index is 12.5. The molecule has 2 N–H and O–H groups in total. The maximum Gasteiger partial charge on any atom is 0.255 e. The van der Waals surface area contributed by atoms with Gasteiger partial charge >= 0.3 is 0 Å². The predicted octanol–water partition coefficient (Wildman–Crippen LogP) is 4.11. The molecule has 0 aromatic heterocycles. The van der Waals surface area contributed by atoms with Crippen molar-refractivity contribution in [3.05, 3.63) is 78.4 Å². The molecule has 144 valence electrons. The molecule has 0 aliphatic carbocycles. The van der Waals surface area contributed by atoms with Crippen LogP contribution < -0.4 is 19.5 Å². The van der Waals surface area contributed by atoms with Crippen LogP contribution in [0.25, 0.3) is 0 Å². The van der Waals surface area contributed by atoms with E-state index in [1.54, 1.807) is 42.5 Å². The van der Waals surface area contributed by atoms with Crippen LogP contribution in [0.1, 0.15) is 10.4 Å². The molecule has 0 fully saturated rings. The highest BCUT2D eigenvalue weighted by atomic mass is 16.5. The van der Waals surface area contributed by atoms with Gasteiger partial charge < -0.3 is 24.6 Å². The molecule has 1 amide bonds.